The number of nitrogens with two attached hydrogens (primary N) is 1. The molecule has 8 nitrogen and oxygen atoms in total. The van der Waals surface area contributed by atoms with Crippen LogP contribution in [0.1, 0.15) is 21.5 Å². The molecule has 0 atom stereocenters. The van der Waals surface area contributed by atoms with Crippen LogP contribution in [0.25, 0.3) is 43.4 Å². The molecule has 0 saturated carbocycles. The smallest absolute Gasteiger partial charge is 0.259 e. The molecule has 0 bridgehead atoms. The van der Waals surface area contributed by atoms with Crippen LogP contribution in [0.4, 0.5) is 11.4 Å². The van der Waals surface area contributed by atoms with Gasteiger partial charge in [-0.3, -0.25) is 4.79 Å². The second kappa shape index (κ2) is 24.3. The zero-order chi connectivity index (χ0) is 49.1. The van der Waals surface area contributed by atoms with Crippen LogP contribution in [-0.4, -0.2) is 31.4 Å². The Morgan fingerprint density at radius 3 is 1.47 bits per heavy atom. The third-order valence-corrected chi connectivity index (χ3v) is 10.9. The third-order valence-electron chi connectivity index (χ3n) is 10.9. The van der Waals surface area contributed by atoms with E-state index in [9.17, 15) is 20.1 Å². The van der Waals surface area contributed by atoms with E-state index < -0.39 is 0 Å². The van der Waals surface area contributed by atoms with Gasteiger partial charge in [0.25, 0.3) is 5.91 Å². The number of phenols is 5. The highest BCUT2D eigenvalue weighted by molar-refractivity contribution is 6.12. The number of hydrogen-bond donors (Lipinski definition) is 7. The molecule has 0 spiro atoms. The lowest BCUT2D eigenvalue weighted by molar-refractivity contribution is 0.102. The fourth-order valence-electron chi connectivity index (χ4n) is 7.45. The van der Waals surface area contributed by atoms with Crippen molar-refractivity contribution in [3.8, 4) is 39.9 Å². The highest BCUT2D eigenvalue weighted by atomic mass is 16.3. The molecule has 0 aliphatic heterocycles. The van der Waals surface area contributed by atoms with Crippen molar-refractivity contribution in [2.75, 3.05) is 11.1 Å². The number of hydrogen-bond acceptors (Lipinski definition) is 7. The molecule has 0 saturated heterocycles. The topological polar surface area (TPSA) is 156 Å². The normalized spacial score (nSPS) is 10.2. The largest absolute Gasteiger partial charge is 0.508 e. The van der Waals surface area contributed by atoms with Crippen LogP contribution in [0.3, 0.4) is 0 Å². The minimum absolute atomic E-state index is 0.0218. The summed E-state index contributed by atoms with van der Waals surface area (Å²) in [5.74, 6) is 0.854. The van der Waals surface area contributed by atoms with E-state index in [2.05, 4.69) is 17.4 Å². The van der Waals surface area contributed by atoms with Crippen molar-refractivity contribution in [1.82, 2.24) is 0 Å². The maximum Gasteiger partial charge on any atom is 0.259 e. The lowest BCUT2D eigenvalue weighted by Gasteiger charge is -2.10. The third kappa shape index (κ3) is 14.0. The molecule has 0 radical (unpaired) electrons. The van der Waals surface area contributed by atoms with Crippen molar-refractivity contribution >= 4 is 49.6 Å². The van der Waals surface area contributed by atoms with Gasteiger partial charge >= 0.3 is 0 Å². The fraction of sp³-hybridized carbons (Fsp3) is 0.0161. The molecule has 0 heterocycles. The van der Waals surface area contributed by atoms with Gasteiger partial charge in [0.1, 0.15) is 28.7 Å². The minimum Gasteiger partial charge on any atom is -0.508 e. The van der Waals surface area contributed by atoms with Gasteiger partial charge in [-0.25, -0.2) is 0 Å². The lowest BCUT2D eigenvalue weighted by atomic mass is 10.0. The summed E-state index contributed by atoms with van der Waals surface area (Å²) in [5.41, 5.74) is 11.6. The molecule has 0 aliphatic rings. The SMILES string of the molecule is Nc1cccc(O)c1.O=C(Nc1cccc2ccccc12)c1cc2ccccc2cc1O.Oc1ccc(-c2ccccc2)cc1.Oc1cccc(Cc2ccccc2)c1.Oc1cccc2ccccc12. The molecule has 0 aliphatic carbocycles. The molecular formula is C62H52N2O6. The Balaban J connectivity index is 0.000000136. The van der Waals surface area contributed by atoms with Crippen LogP contribution in [-0.2, 0) is 6.42 Å². The Bertz CT molecular complexity index is 3390. The van der Waals surface area contributed by atoms with Crippen LogP contribution in [0, 0.1) is 0 Å². The van der Waals surface area contributed by atoms with Gasteiger partial charge in [-0.05, 0) is 111 Å². The Kier molecular flexibility index (Phi) is 16.8. The molecule has 0 unspecified atom stereocenters. The quantitative estimate of drug-likeness (QED) is 0.0847. The molecule has 11 aromatic rings. The first-order chi connectivity index (χ1) is 34.1. The van der Waals surface area contributed by atoms with Crippen molar-refractivity contribution in [3.63, 3.8) is 0 Å². The van der Waals surface area contributed by atoms with E-state index >= 15 is 0 Å². The zero-order valence-electron chi connectivity index (χ0n) is 38.2. The maximum absolute atomic E-state index is 12.7. The van der Waals surface area contributed by atoms with Crippen molar-refractivity contribution in [2.24, 2.45) is 0 Å². The van der Waals surface area contributed by atoms with E-state index in [-0.39, 0.29) is 23.0 Å². The number of fused-ring (bicyclic) bond motifs is 3. The number of nitrogen functional groups attached to an aromatic ring is 1. The van der Waals surface area contributed by atoms with E-state index in [1.807, 2.05) is 176 Å². The van der Waals surface area contributed by atoms with Gasteiger partial charge in [-0.1, -0.05) is 188 Å². The van der Waals surface area contributed by atoms with Crippen LogP contribution in [0.15, 0.2) is 255 Å². The van der Waals surface area contributed by atoms with Crippen LogP contribution < -0.4 is 11.1 Å². The highest BCUT2D eigenvalue weighted by Crippen LogP contribution is 2.29. The molecule has 1 amide bonds. The number of carbonyl (C=O) groups is 1. The number of aromatic hydroxyl groups is 5. The van der Waals surface area contributed by atoms with E-state index in [4.69, 9.17) is 15.9 Å². The summed E-state index contributed by atoms with van der Waals surface area (Å²) in [4.78, 5) is 12.7. The monoisotopic (exact) mass is 920 g/mol. The molecule has 8 N–H and O–H groups in total. The Hall–Kier alpha value is -9.53. The van der Waals surface area contributed by atoms with Crippen molar-refractivity contribution in [3.05, 3.63) is 271 Å². The summed E-state index contributed by atoms with van der Waals surface area (Å²) >= 11 is 0. The molecule has 0 aromatic heterocycles. The zero-order valence-corrected chi connectivity index (χ0v) is 38.2. The first-order valence-electron chi connectivity index (χ1n) is 22.5. The molecule has 11 aromatic carbocycles. The van der Waals surface area contributed by atoms with Gasteiger partial charge < -0.3 is 36.6 Å². The molecule has 346 valence electrons. The summed E-state index contributed by atoms with van der Waals surface area (Å²) in [6.45, 7) is 0. The van der Waals surface area contributed by atoms with Gasteiger partial charge in [-0.2, -0.15) is 0 Å². The molecule has 0 fully saturated rings. The maximum atomic E-state index is 12.7. The summed E-state index contributed by atoms with van der Waals surface area (Å²) in [6.07, 6.45) is 0.870. The Morgan fingerprint density at radius 1 is 0.371 bits per heavy atom. The number of nitrogens with one attached hydrogen (secondary N) is 1. The average molecular weight is 921 g/mol. The van der Waals surface area contributed by atoms with Crippen LogP contribution in [0.5, 0.6) is 28.7 Å². The highest BCUT2D eigenvalue weighted by Gasteiger charge is 2.14. The predicted molar refractivity (Wildman–Crippen MR) is 287 cm³/mol. The number of rotatable bonds is 5. The van der Waals surface area contributed by atoms with Crippen LogP contribution in [0.2, 0.25) is 0 Å². The van der Waals surface area contributed by atoms with Gasteiger partial charge in [0.15, 0.2) is 0 Å². The Morgan fingerprint density at radius 2 is 0.857 bits per heavy atom. The first-order valence-corrected chi connectivity index (χ1v) is 22.5. The summed E-state index contributed by atoms with van der Waals surface area (Å²) in [6, 6.07) is 79.3. The number of anilines is 2. The molecule has 11 rings (SSSR count). The number of carbonyl (C=O) groups excluding carboxylic acids is 1. The van der Waals surface area contributed by atoms with E-state index in [0.29, 0.717) is 22.9 Å². The summed E-state index contributed by atoms with van der Waals surface area (Å²) in [5, 5.41) is 55.4. The summed E-state index contributed by atoms with van der Waals surface area (Å²) in [7, 11) is 0. The van der Waals surface area contributed by atoms with Gasteiger partial charge in [0, 0.05) is 28.2 Å². The minimum atomic E-state index is -0.324. The van der Waals surface area contributed by atoms with Gasteiger partial charge in [-0.15, -0.1) is 0 Å². The second-order valence-corrected chi connectivity index (χ2v) is 16.0. The fourth-order valence-corrected chi connectivity index (χ4v) is 7.45. The number of phenolic OH excluding ortho intramolecular Hbond substituents is 5. The molecular weight excluding hydrogens is 869 g/mol. The lowest BCUT2D eigenvalue weighted by Crippen LogP contribution is -2.12. The predicted octanol–water partition coefficient (Wildman–Crippen LogP) is 14.5. The van der Waals surface area contributed by atoms with Crippen molar-refractivity contribution < 1.29 is 30.3 Å². The standard InChI is InChI=1S/C21H15NO2.C13H12O.C12H10O.C10H8O.C6H7NO/c23-20-13-16-8-2-1-7-15(16)12-18(20)21(24)22-19-11-5-9-14-6-3-4-10-17(14)19;14-13-8-4-7-12(10-13)9-11-5-2-1-3-6-11;13-12-8-6-11(7-9-12)10-4-2-1-3-5-10;11-10-7-3-5-8-4-1-2-6-9(8)10;7-5-2-1-3-6(8)4-5/h1-13,23H,(H,22,24);1-8,10,14H,9H2;1-9,13H;1-7,11H;1-4,8H,7H2. The number of amides is 1. The van der Waals surface area contributed by atoms with Crippen LogP contribution >= 0.6 is 0 Å². The van der Waals surface area contributed by atoms with E-state index in [1.54, 1.807) is 60.7 Å². The summed E-state index contributed by atoms with van der Waals surface area (Å²) < 4.78 is 0. The van der Waals surface area contributed by atoms with E-state index in [1.165, 1.54) is 17.2 Å². The average Bonchev–Trinajstić information content (AvgIpc) is 3.38. The second-order valence-electron chi connectivity index (χ2n) is 16.0. The van der Waals surface area contributed by atoms with Crippen molar-refractivity contribution in [2.45, 2.75) is 6.42 Å². The van der Waals surface area contributed by atoms with E-state index in [0.717, 1.165) is 55.6 Å². The number of benzene rings is 11. The van der Waals surface area contributed by atoms with Gasteiger partial charge in [0.05, 0.1) is 5.56 Å². The van der Waals surface area contributed by atoms with Gasteiger partial charge in [0.2, 0.25) is 0 Å². The molecule has 8 heteroatoms. The van der Waals surface area contributed by atoms with Crippen molar-refractivity contribution in [1.29, 1.82) is 0 Å². The Labute approximate surface area is 407 Å². The first kappa shape index (κ1) is 48.4. The molecule has 70 heavy (non-hydrogen) atoms.